The Balaban J connectivity index is 1.35. The molecule has 3 heterocycles. The summed E-state index contributed by atoms with van der Waals surface area (Å²) >= 11 is 1.57. The molecule has 5 rings (SSSR count). The van der Waals surface area contributed by atoms with Gasteiger partial charge in [0.15, 0.2) is 11.6 Å². The van der Waals surface area contributed by atoms with E-state index >= 15 is 0 Å². The standard InChI is InChI=1S/C25H18F2N4O3S/c26-15-3-6-17(7-4-15)31-12-1-2-18(25(31)33)24(32)30-16-5-8-20(19(27)14-16)34-21-9-10-28-23-22(21)35-13-11-29-23/h1-10,12,14H,11,13H2,(H,28,29)(H,30,32). The number of aromatic nitrogens is 2. The van der Waals surface area contributed by atoms with Crippen molar-refractivity contribution in [2.24, 2.45) is 0 Å². The number of amides is 1. The minimum absolute atomic E-state index is 0.0130. The van der Waals surface area contributed by atoms with Crippen molar-refractivity contribution in [2.75, 3.05) is 22.9 Å². The Morgan fingerprint density at radius 3 is 2.71 bits per heavy atom. The number of halogens is 2. The van der Waals surface area contributed by atoms with Crippen molar-refractivity contribution in [3.05, 3.63) is 101 Å². The molecule has 0 saturated heterocycles. The Hall–Kier alpha value is -4.18. The van der Waals surface area contributed by atoms with E-state index in [4.69, 9.17) is 4.74 Å². The third-order valence-electron chi connectivity index (χ3n) is 5.22. The molecule has 0 saturated carbocycles. The molecule has 35 heavy (non-hydrogen) atoms. The van der Waals surface area contributed by atoms with Crippen molar-refractivity contribution in [3.8, 4) is 17.2 Å². The van der Waals surface area contributed by atoms with Crippen molar-refractivity contribution < 1.29 is 18.3 Å². The molecule has 0 unspecified atom stereocenters. The molecule has 0 bridgehead atoms. The first kappa shape index (κ1) is 22.6. The van der Waals surface area contributed by atoms with E-state index in [1.807, 2.05) is 0 Å². The average molecular weight is 493 g/mol. The molecule has 0 aliphatic carbocycles. The first-order valence-corrected chi connectivity index (χ1v) is 11.6. The van der Waals surface area contributed by atoms with Crippen LogP contribution < -0.4 is 20.9 Å². The quantitative estimate of drug-likeness (QED) is 0.405. The minimum atomic E-state index is -0.704. The first-order chi connectivity index (χ1) is 17.0. The summed E-state index contributed by atoms with van der Waals surface area (Å²) in [5.41, 5.74) is -0.175. The van der Waals surface area contributed by atoms with Crippen LogP contribution in [-0.2, 0) is 0 Å². The molecule has 7 nitrogen and oxygen atoms in total. The number of carbonyl (C=O) groups is 1. The van der Waals surface area contributed by atoms with Crippen LogP contribution in [0.15, 0.2) is 82.7 Å². The van der Waals surface area contributed by atoms with Crippen LogP contribution >= 0.6 is 11.8 Å². The third kappa shape index (κ3) is 4.73. The Bertz CT molecular complexity index is 1470. The second kappa shape index (κ2) is 9.59. The second-order valence-corrected chi connectivity index (χ2v) is 8.64. The van der Waals surface area contributed by atoms with Crippen LogP contribution in [0, 0.1) is 11.6 Å². The lowest BCUT2D eigenvalue weighted by Gasteiger charge is -2.19. The number of benzene rings is 2. The van der Waals surface area contributed by atoms with Crippen LogP contribution in [0.4, 0.5) is 20.3 Å². The van der Waals surface area contributed by atoms with Crippen molar-refractivity contribution in [1.82, 2.24) is 9.55 Å². The molecule has 2 N–H and O–H groups in total. The average Bonchev–Trinajstić information content (AvgIpc) is 2.86. The number of ether oxygens (including phenoxy) is 1. The highest BCUT2D eigenvalue weighted by Gasteiger charge is 2.18. The number of nitrogens with zero attached hydrogens (tertiary/aromatic N) is 2. The number of hydrogen-bond donors (Lipinski definition) is 2. The lowest BCUT2D eigenvalue weighted by Crippen LogP contribution is -2.27. The molecule has 176 valence electrons. The van der Waals surface area contributed by atoms with Crippen LogP contribution in [0.3, 0.4) is 0 Å². The Morgan fingerprint density at radius 1 is 1.09 bits per heavy atom. The van der Waals surface area contributed by atoms with E-state index in [0.29, 0.717) is 17.3 Å². The summed E-state index contributed by atoms with van der Waals surface area (Å²) in [5, 5.41) is 5.71. The van der Waals surface area contributed by atoms with E-state index in [1.165, 1.54) is 59.3 Å². The van der Waals surface area contributed by atoms with Crippen molar-refractivity contribution in [3.63, 3.8) is 0 Å². The summed E-state index contributed by atoms with van der Waals surface area (Å²) in [4.78, 5) is 30.7. The maximum atomic E-state index is 14.8. The van der Waals surface area contributed by atoms with Gasteiger partial charge in [0.2, 0.25) is 0 Å². The largest absolute Gasteiger partial charge is 0.453 e. The number of anilines is 2. The first-order valence-electron chi connectivity index (χ1n) is 10.6. The summed E-state index contributed by atoms with van der Waals surface area (Å²) < 4.78 is 35.0. The number of rotatable bonds is 5. The van der Waals surface area contributed by atoms with Crippen molar-refractivity contribution >= 4 is 29.2 Å². The zero-order valence-electron chi connectivity index (χ0n) is 18.1. The number of hydrogen-bond acceptors (Lipinski definition) is 6. The summed E-state index contributed by atoms with van der Waals surface area (Å²) in [6.45, 7) is 0.785. The van der Waals surface area contributed by atoms with Gasteiger partial charge in [0.05, 0.1) is 4.90 Å². The smallest absolute Gasteiger partial charge is 0.267 e. The molecule has 4 aromatic rings. The summed E-state index contributed by atoms with van der Waals surface area (Å²) in [5.74, 6) is 0.172. The lowest BCUT2D eigenvalue weighted by molar-refractivity contribution is 0.102. The van der Waals surface area contributed by atoms with Gasteiger partial charge in [0.1, 0.15) is 22.9 Å². The molecule has 2 aromatic carbocycles. The normalized spacial score (nSPS) is 12.4. The van der Waals surface area contributed by atoms with Crippen molar-refractivity contribution in [2.45, 2.75) is 4.90 Å². The van der Waals surface area contributed by atoms with Crippen molar-refractivity contribution in [1.29, 1.82) is 0 Å². The molecule has 2 aromatic heterocycles. The Kier molecular flexibility index (Phi) is 6.19. The highest BCUT2D eigenvalue weighted by atomic mass is 32.2. The van der Waals surface area contributed by atoms with Gasteiger partial charge in [-0.15, -0.1) is 11.8 Å². The fourth-order valence-corrected chi connectivity index (χ4v) is 4.47. The summed E-state index contributed by atoms with van der Waals surface area (Å²) in [6, 6.07) is 13.9. The number of nitrogens with one attached hydrogen (secondary N) is 2. The molecule has 0 spiro atoms. The fraction of sp³-hybridized carbons (Fsp3) is 0.0800. The van der Waals surface area contributed by atoms with E-state index in [0.717, 1.165) is 23.3 Å². The van der Waals surface area contributed by atoms with Gasteiger partial charge in [-0.2, -0.15) is 0 Å². The Morgan fingerprint density at radius 2 is 1.91 bits per heavy atom. The van der Waals surface area contributed by atoms with E-state index in [9.17, 15) is 18.4 Å². The van der Waals surface area contributed by atoms with E-state index in [2.05, 4.69) is 15.6 Å². The van der Waals surface area contributed by atoms with E-state index in [1.54, 1.807) is 24.0 Å². The molecule has 10 heteroatoms. The monoisotopic (exact) mass is 492 g/mol. The second-order valence-electron chi connectivity index (χ2n) is 7.54. The van der Waals surface area contributed by atoms with Crippen LogP contribution in [0.1, 0.15) is 10.4 Å². The predicted octanol–water partition coefficient (Wildman–Crippen LogP) is 5.07. The zero-order chi connectivity index (χ0) is 24.4. The zero-order valence-corrected chi connectivity index (χ0v) is 18.9. The van der Waals surface area contributed by atoms with Crippen LogP contribution in [0.25, 0.3) is 5.69 Å². The SMILES string of the molecule is O=C(Nc1ccc(Oc2ccnc3c2SCCN3)c(F)c1)c1cccn(-c2ccc(F)cc2)c1=O. The minimum Gasteiger partial charge on any atom is -0.453 e. The van der Waals surface area contributed by atoms with Crippen LogP contribution in [-0.4, -0.2) is 27.8 Å². The molecule has 1 amide bonds. The number of pyridine rings is 2. The molecular weight excluding hydrogens is 474 g/mol. The van der Waals surface area contributed by atoms with Gasteiger partial charge < -0.3 is 15.4 Å². The van der Waals surface area contributed by atoms with Gasteiger partial charge >= 0.3 is 0 Å². The van der Waals surface area contributed by atoms with E-state index < -0.39 is 23.1 Å². The molecule has 0 fully saturated rings. The van der Waals surface area contributed by atoms with Gasteiger partial charge in [-0.1, -0.05) is 0 Å². The molecule has 0 radical (unpaired) electrons. The maximum Gasteiger partial charge on any atom is 0.267 e. The van der Waals surface area contributed by atoms with Gasteiger partial charge in [-0.3, -0.25) is 14.2 Å². The molecule has 1 aliphatic rings. The summed E-state index contributed by atoms with van der Waals surface area (Å²) in [6.07, 6.45) is 3.06. The number of thioether (sulfide) groups is 1. The van der Waals surface area contributed by atoms with Gasteiger partial charge in [0.25, 0.3) is 11.5 Å². The van der Waals surface area contributed by atoms with Crippen LogP contribution in [0.2, 0.25) is 0 Å². The predicted molar refractivity (Wildman–Crippen MR) is 130 cm³/mol. The number of fused-ring (bicyclic) bond motifs is 1. The molecule has 1 aliphatic heterocycles. The topological polar surface area (TPSA) is 85.2 Å². The summed E-state index contributed by atoms with van der Waals surface area (Å²) in [7, 11) is 0. The molecular formula is C25H18F2N4O3S. The van der Waals surface area contributed by atoms with Crippen LogP contribution in [0.5, 0.6) is 11.5 Å². The van der Waals surface area contributed by atoms with Gasteiger partial charge in [-0.25, -0.2) is 13.8 Å². The van der Waals surface area contributed by atoms with Gasteiger partial charge in [0, 0.05) is 48.2 Å². The van der Waals surface area contributed by atoms with Gasteiger partial charge in [-0.05, 0) is 48.5 Å². The number of carbonyl (C=O) groups excluding carboxylic acids is 1. The lowest BCUT2D eigenvalue weighted by atomic mass is 10.2. The molecule has 0 atom stereocenters. The Labute approximate surface area is 202 Å². The fourth-order valence-electron chi connectivity index (χ4n) is 3.55. The maximum absolute atomic E-state index is 14.8. The highest BCUT2D eigenvalue weighted by Crippen LogP contribution is 2.39. The third-order valence-corrected chi connectivity index (χ3v) is 6.31. The van der Waals surface area contributed by atoms with E-state index in [-0.39, 0.29) is 17.0 Å². The highest BCUT2D eigenvalue weighted by molar-refractivity contribution is 7.99.